The molecule has 32 heavy (non-hydrogen) atoms. The maximum atomic E-state index is 12.7. The number of aryl methyl sites for hydroxylation is 1. The fourth-order valence-corrected chi connectivity index (χ4v) is 3.12. The highest BCUT2D eigenvalue weighted by atomic mass is 16.5. The van der Waals surface area contributed by atoms with E-state index in [-0.39, 0.29) is 18.4 Å². The van der Waals surface area contributed by atoms with Crippen LogP contribution in [0.2, 0.25) is 0 Å². The number of benzene rings is 2. The molecular formula is C24H28N4O4. The summed E-state index contributed by atoms with van der Waals surface area (Å²) >= 11 is 0. The number of likely N-dealkylation sites (N-methyl/N-ethyl adjacent to an activating group) is 1. The van der Waals surface area contributed by atoms with Gasteiger partial charge < -0.3 is 19.5 Å². The molecule has 3 aromatic rings. The van der Waals surface area contributed by atoms with Gasteiger partial charge in [-0.1, -0.05) is 53.2 Å². The van der Waals surface area contributed by atoms with Gasteiger partial charge in [0.25, 0.3) is 5.89 Å². The summed E-state index contributed by atoms with van der Waals surface area (Å²) in [4.78, 5) is 30.7. The number of amides is 2. The first-order chi connectivity index (χ1) is 15.5. The van der Waals surface area contributed by atoms with E-state index in [0.717, 1.165) is 16.7 Å². The van der Waals surface area contributed by atoms with Crippen LogP contribution < -0.4 is 5.32 Å². The number of nitrogens with one attached hydrogen (secondary N) is 1. The van der Waals surface area contributed by atoms with Crippen molar-refractivity contribution < 1.29 is 18.8 Å². The number of hydrogen-bond donors (Lipinski definition) is 1. The van der Waals surface area contributed by atoms with E-state index in [1.807, 2.05) is 61.5 Å². The Bertz CT molecular complexity index is 1020. The first-order valence-electron chi connectivity index (χ1n) is 10.6. The van der Waals surface area contributed by atoms with Crippen LogP contribution in [0.1, 0.15) is 36.3 Å². The van der Waals surface area contributed by atoms with Crippen molar-refractivity contribution in [2.24, 2.45) is 0 Å². The summed E-state index contributed by atoms with van der Waals surface area (Å²) in [6, 6.07) is 16.4. The van der Waals surface area contributed by atoms with E-state index in [9.17, 15) is 9.59 Å². The van der Waals surface area contributed by atoms with Crippen LogP contribution >= 0.6 is 0 Å². The number of aromatic nitrogens is 2. The highest BCUT2D eigenvalue weighted by Crippen LogP contribution is 2.19. The topological polar surface area (TPSA) is 97.6 Å². The Hall–Kier alpha value is -3.68. The van der Waals surface area contributed by atoms with Gasteiger partial charge in [0.2, 0.25) is 0 Å². The third-order valence-corrected chi connectivity index (χ3v) is 4.96. The molecule has 0 radical (unpaired) electrons. The SMILES string of the molecule is CCOC(=O)C[C@H](NC(=O)N(C)CCc1noc(-c2ccc(C)cc2)n1)c1ccccc1. The van der Waals surface area contributed by atoms with Crippen LogP contribution in [-0.4, -0.2) is 47.2 Å². The number of nitrogens with zero attached hydrogens (tertiary/aromatic N) is 3. The number of carbonyl (C=O) groups excluding carboxylic acids is 2. The van der Waals surface area contributed by atoms with Gasteiger partial charge in [-0.05, 0) is 31.5 Å². The molecule has 0 fully saturated rings. The third-order valence-electron chi connectivity index (χ3n) is 4.96. The molecule has 1 aromatic heterocycles. The van der Waals surface area contributed by atoms with Crippen molar-refractivity contribution in [1.82, 2.24) is 20.4 Å². The molecule has 0 saturated carbocycles. The van der Waals surface area contributed by atoms with Crippen LogP contribution in [0.5, 0.6) is 0 Å². The van der Waals surface area contributed by atoms with Crippen molar-refractivity contribution in [1.29, 1.82) is 0 Å². The van der Waals surface area contributed by atoms with Crippen molar-refractivity contribution in [2.45, 2.75) is 32.7 Å². The minimum absolute atomic E-state index is 0.0577. The second-order valence-electron chi connectivity index (χ2n) is 7.48. The molecule has 0 aliphatic heterocycles. The number of esters is 1. The molecule has 0 aliphatic rings. The van der Waals surface area contributed by atoms with Gasteiger partial charge in [0.1, 0.15) is 0 Å². The van der Waals surface area contributed by atoms with Gasteiger partial charge in [0, 0.05) is 25.6 Å². The molecule has 1 atom stereocenters. The Labute approximate surface area is 187 Å². The van der Waals surface area contributed by atoms with Gasteiger partial charge in [0.05, 0.1) is 19.1 Å². The standard InChI is InChI=1S/C24H28N4O4/c1-4-31-22(29)16-20(18-8-6-5-7-9-18)25-24(30)28(3)15-14-21-26-23(32-27-21)19-12-10-17(2)11-13-19/h5-13,20H,4,14-16H2,1-3H3,(H,25,30)/t20-/m0/s1. The summed E-state index contributed by atoms with van der Waals surface area (Å²) < 4.78 is 10.4. The molecule has 0 spiro atoms. The monoisotopic (exact) mass is 436 g/mol. The molecule has 2 amide bonds. The Kier molecular flexibility index (Phi) is 7.96. The van der Waals surface area contributed by atoms with Crippen molar-refractivity contribution in [3.05, 3.63) is 71.5 Å². The summed E-state index contributed by atoms with van der Waals surface area (Å²) in [5.41, 5.74) is 2.84. The summed E-state index contributed by atoms with van der Waals surface area (Å²) in [5.74, 6) is 0.608. The van der Waals surface area contributed by atoms with Crippen molar-refractivity contribution in [3.8, 4) is 11.5 Å². The first kappa shape index (κ1) is 23.0. The van der Waals surface area contributed by atoms with Crippen LogP contribution in [-0.2, 0) is 16.0 Å². The smallest absolute Gasteiger partial charge is 0.317 e. The molecule has 1 N–H and O–H groups in total. The van der Waals surface area contributed by atoms with Gasteiger partial charge >= 0.3 is 12.0 Å². The van der Waals surface area contributed by atoms with Crippen LogP contribution in [0.3, 0.4) is 0 Å². The Morgan fingerprint density at radius 3 is 2.53 bits per heavy atom. The molecule has 8 nitrogen and oxygen atoms in total. The van der Waals surface area contributed by atoms with Crippen LogP contribution in [0.25, 0.3) is 11.5 Å². The average Bonchev–Trinajstić information content (AvgIpc) is 3.27. The largest absolute Gasteiger partial charge is 0.466 e. The second-order valence-corrected chi connectivity index (χ2v) is 7.48. The highest BCUT2D eigenvalue weighted by molar-refractivity contribution is 5.76. The van der Waals surface area contributed by atoms with Crippen molar-refractivity contribution in [3.63, 3.8) is 0 Å². The van der Waals surface area contributed by atoms with Gasteiger partial charge in [0.15, 0.2) is 5.82 Å². The molecular weight excluding hydrogens is 408 g/mol. The predicted molar refractivity (Wildman–Crippen MR) is 120 cm³/mol. The van der Waals surface area contributed by atoms with E-state index in [1.54, 1.807) is 14.0 Å². The fourth-order valence-electron chi connectivity index (χ4n) is 3.12. The van der Waals surface area contributed by atoms with Crippen molar-refractivity contribution >= 4 is 12.0 Å². The molecule has 1 heterocycles. The van der Waals surface area contributed by atoms with E-state index >= 15 is 0 Å². The highest BCUT2D eigenvalue weighted by Gasteiger charge is 2.21. The lowest BCUT2D eigenvalue weighted by Gasteiger charge is -2.23. The van der Waals surface area contributed by atoms with E-state index < -0.39 is 6.04 Å². The van der Waals surface area contributed by atoms with Gasteiger partial charge in [-0.3, -0.25) is 4.79 Å². The summed E-state index contributed by atoms with van der Waals surface area (Å²) in [7, 11) is 1.68. The lowest BCUT2D eigenvalue weighted by atomic mass is 10.0. The fraction of sp³-hybridized carbons (Fsp3) is 0.333. The molecule has 0 aliphatic carbocycles. The number of rotatable bonds is 9. The molecule has 3 rings (SSSR count). The Balaban J connectivity index is 1.58. The molecule has 168 valence electrons. The second kappa shape index (κ2) is 11.1. The quantitative estimate of drug-likeness (QED) is 0.511. The minimum Gasteiger partial charge on any atom is -0.466 e. The molecule has 8 heteroatoms. The normalized spacial score (nSPS) is 11.6. The van der Waals surface area contributed by atoms with Gasteiger partial charge in [-0.25, -0.2) is 4.79 Å². The molecule has 2 aromatic carbocycles. The molecule has 0 bridgehead atoms. The van der Waals surface area contributed by atoms with Crippen LogP contribution in [0.4, 0.5) is 4.79 Å². The van der Waals surface area contributed by atoms with E-state index in [2.05, 4.69) is 15.5 Å². The maximum absolute atomic E-state index is 12.7. The lowest BCUT2D eigenvalue weighted by Crippen LogP contribution is -2.41. The van der Waals surface area contributed by atoms with E-state index in [0.29, 0.717) is 31.3 Å². The average molecular weight is 437 g/mol. The molecule has 0 unspecified atom stereocenters. The zero-order valence-corrected chi connectivity index (χ0v) is 18.6. The predicted octanol–water partition coefficient (Wildman–Crippen LogP) is 3.92. The maximum Gasteiger partial charge on any atom is 0.317 e. The zero-order valence-electron chi connectivity index (χ0n) is 18.6. The lowest BCUT2D eigenvalue weighted by molar-refractivity contribution is -0.143. The van der Waals surface area contributed by atoms with Gasteiger partial charge in [-0.15, -0.1) is 0 Å². The third kappa shape index (κ3) is 6.41. The summed E-state index contributed by atoms with van der Waals surface area (Å²) in [6.07, 6.45) is 0.495. The minimum atomic E-state index is -0.483. The number of carbonyl (C=O) groups is 2. The Morgan fingerprint density at radius 1 is 1.12 bits per heavy atom. The number of urea groups is 1. The summed E-state index contributed by atoms with van der Waals surface area (Å²) in [6.45, 7) is 4.45. The first-order valence-corrected chi connectivity index (χ1v) is 10.6. The van der Waals surface area contributed by atoms with Crippen LogP contribution in [0, 0.1) is 6.92 Å². The van der Waals surface area contributed by atoms with Crippen molar-refractivity contribution in [2.75, 3.05) is 20.2 Å². The summed E-state index contributed by atoms with van der Waals surface area (Å²) in [5, 5.41) is 6.93. The molecule has 0 saturated heterocycles. The van der Waals surface area contributed by atoms with Crippen LogP contribution in [0.15, 0.2) is 59.1 Å². The van der Waals surface area contributed by atoms with E-state index in [1.165, 1.54) is 4.90 Å². The number of hydrogen-bond acceptors (Lipinski definition) is 6. The van der Waals surface area contributed by atoms with E-state index in [4.69, 9.17) is 9.26 Å². The zero-order chi connectivity index (χ0) is 22.9. The number of ether oxygens (including phenoxy) is 1. The Morgan fingerprint density at radius 2 is 1.84 bits per heavy atom. The van der Waals surface area contributed by atoms with Gasteiger partial charge in [-0.2, -0.15) is 4.98 Å².